The van der Waals surface area contributed by atoms with Crippen LogP contribution in [0.5, 0.6) is 0 Å². The minimum absolute atomic E-state index is 0.0116. The SMILES string of the molecule is CC1CC2(CC=CCC2)C(=O)C1(C)C. The summed E-state index contributed by atoms with van der Waals surface area (Å²) in [5.41, 5.74) is -0.0805. The van der Waals surface area contributed by atoms with E-state index in [-0.39, 0.29) is 10.8 Å². The third-order valence-electron chi connectivity index (χ3n) is 4.46. The van der Waals surface area contributed by atoms with Gasteiger partial charge in [0.25, 0.3) is 0 Å². The van der Waals surface area contributed by atoms with Gasteiger partial charge in [0, 0.05) is 10.8 Å². The first-order valence-corrected chi connectivity index (χ1v) is 5.69. The molecule has 1 fully saturated rings. The van der Waals surface area contributed by atoms with Crippen molar-refractivity contribution < 1.29 is 4.79 Å². The van der Waals surface area contributed by atoms with Crippen LogP contribution in [0.4, 0.5) is 0 Å². The Kier molecular flexibility index (Phi) is 2.09. The van der Waals surface area contributed by atoms with E-state index < -0.39 is 0 Å². The van der Waals surface area contributed by atoms with Crippen molar-refractivity contribution in [2.24, 2.45) is 16.7 Å². The van der Waals surface area contributed by atoms with Crippen LogP contribution in [0.25, 0.3) is 0 Å². The normalized spacial score (nSPS) is 40.8. The third kappa shape index (κ3) is 1.18. The number of rotatable bonds is 0. The van der Waals surface area contributed by atoms with Gasteiger partial charge in [-0.15, -0.1) is 0 Å². The fourth-order valence-electron chi connectivity index (χ4n) is 3.12. The molecule has 0 aliphatic heterocycles. The predicted octanol–water partition coefficient (Wildman–Crippen LogP) is 3.35. The van der Waals surface area contributed by atoms with Gasteiger partial charge in [0.2, 0.25) is 0 Å². The number of carbonyl (C=O) groups is 1. The van der Waals surface area contributed by atoms with Crippen LogP contribution in [0.2, 0.25) is 0 Å². The molecule has 0 heterocycles. The van der Waals surface area contributed by atoms with E-state index in [4.69, 9.17) is 0 Å². The Balaban J connectivity index is 2.32. The Hall–Kier alpha value is -0.590. The summed E-state index contributed by atoms with van der Waals surface area (Å²) in [6, 6.07) is 0. The molecule has 1 saturated carbocycles. The van der Waals surface area contributed by atoms with E-state index in [9.17, 15) is 4.79 Å². The van der Waals surface area contributed by atoms with E-state index in [1.807, 2.05) is 0 Å². The summed E-state index contributed by atoms with van der Waals surface area (Å²) in [5.74, 6) is 1.06. The summed E-state index contributed by atoms with van der Waals surface area (Å²) in [6.07, 6.45) is 8.68. The summed E-state index contributed by atoms with van der Waals surface area (Å²) >= 11 is 0. The van der Waals surface area contributed by atoms with Gasteiger partial charge in [-0.3, -0.25) is 4.79 Å². The molecule has 0 amide bonds. The fraction of sp³-hybridized carbons (Fsp3) is 0.769. The molecule has 2 unspecified atom stereocenters. The van der Waals surface area contributed by atoms with Crippen LogP contribution in [-0.2, 0) is 4.79 Å². The zero-order valence-corrected chi connectivity index (χ0v) is 9.47. The van der Waals surface area contributed by atoms with E-state index >= 15 is 0 Å². The lowest BCUT2D eigenvalue weighted by Gasteiger charge is -2.30. The van der Waals surface area contributed by atoms with E-state index in [0.29, 0.717) is 11.7 Å². The van der Waals surface area contributed by atoms with Gasteiger partial charge in [-0.1, -0.05) is 32.9 Å². The highest BCUT2D eigenvalue weighted by atomic mass is 16.1. The minimum Gasteiger partial charge on any atom is -0.298 e. The summed E-state index contributed by atoms with van der Waals surface area (Å²) in [5, 5.41) is 0. The molecule has 2 aliphatic rings. The van der Waals surface area contributed by atoms with Crippen LogP contribution in [0.3, 0.4) is 0 Å². The molecule has 0 N–H and O–H groups in total. The second kappa shape index (κ2) is 2.95. The Bertz CT molecular complexity index is 288. The molecule has 0 aromatic rings. The molecule has 14 heavy (non-hydrogen) atoms. The molecule has 2 atom stereocenters. The van der Waals surface area contributed by atoms with Crippen LogP contribution in [0.1, 0.15) is 46.5 Å². The molecule has 0 saturated heterocycles. The zero-order valence-electron chi connectivity index (χ0n) is 9.47. The Morgan fingerprint density at radius 3 is 2.50 bits per heavy atom. The maximum atomic E-state index is 12.4. The maximum absolute atomic E-state index is 12.4. The lowest BCUT2D eigenvalue weighted by atomic mass is 9.72. The van der Waals surface area contributed by atoms with Gasteiger partial charge >= 0.3 is 0 Å². The van der Waals surface area contributed by atoms with Crippen LogP contribution in [0, 0.1) is 16.7 Å². The number of carbonyl (C=O) groups excluding carboxylic acids is 1. The molecular formula is C13H20O. The monoisotopic (exact) mass is 192 g/mol. The van der Waals surface area contributed by atoms with Gasteiger partial charge in [-0.05, 0) is 31.6 Å². The highest BCUT2D eigenvalue weighted by molar-refractivity contribution is 5.92. The largest absolute Gasteiger partial charge is 0.298 e. The number of Topliss-reactive ketones (excluding diaryl/α,β-unsaturated/α-hetero) is 1. The van der Waals surface area contributed by atoms with Crippen LogP contribution in [-0.4, -0.2) is 5.78 Å². The van der Waals surface area contributed by atoms with E-state index in [1.165, 1.54) is 0 Å². The number of ketones is 1. The molecule has 0 aromatic carbocycles. The van der Waals surface area contributed by atoms with Crippen LogP contribution in [0.15, 0.2) is 12.2 Å². The quantitative estimate of drug-likeness (QED) is 0.538. The maximum Gasteiger partial charge on any atom is 0.145 e. The van der Waals surface area contributed by atoms with Crippen molar-refractivity contribution in [2.75, 3.05) is 0 Å². The van der Waals surface area contributed by atoms with E-state index in [0.717, 1.165) is 25.7 Å². The molecule has 78 valence electrons. The van der Waals surface area contributed by atoms with E-state index in [2.05, 4.69) is 32.9 Å². The third-order valence-corrected chi connectivity index (χ3v) is 4.46. The molecule has 0 radical (unpaired) electrons. The predicted molar refractivity (Wildman–Crippen MR) is 58.0 cm³/mol. The molecule has 2 rings (SSSR count). The average molecular weight is 192 g/mol. The van der Waals surface area contributed by atoms with Gasteiger partial charge in [0.05, 0.1) is 0 Å². The second-order valence-corrected chi connectivity index (χ2v) is 5.65. The smallest absolute Gasteiger partial charge is 0.145 e. The van der Waals surface area contributed by atoms with Crippen molar-refractivity contribution in [2.45, 2.75) is 46.5 Å². The average Bonchev–Trinajstić information content (AvgIpc) is 2.31. The highest BCUT2D eigenvalue weighted by Gasteiger charge is 2.54. The molecule has 0 bridgehead atoms. The first-order valence-electron chi connectivity index (χ1n) is 5.69. The summed E-state index contributed by atoms with van der Waals surface area (Å²) in [4.78, 5) is 12.4. The number of allylic oxidation sites excluding steroid dienone is 2. The number of hydrogen-bond donors (Lipinski definition) is 0. The first kappa shape index (κ1) is 9.95. The summed E-state index contributed by atoms with van der Waals surface area (Å²) in [7, 11) is 0. The Labute approximate surface area is 86.6 Å². The number of hydrogen-bond acceptors (Lipinski definition) is 1. The van der Waals surface area contributed by atoms with Crippen LogP contribution < -0.4 is 0 Å². The molecule has 0 aromatic heterocycles. The Morgan fingerprint density at radius 2 is 2.07 bits per heavy atom. The van der Waals surface area contributed by atoms with Gasteiger partial charge in [0.1, 0.15) is 5.78 Å². The minimum atomic E-state index is -0.0921. The van der Waals surface area contributed by atoms with Gasteiger partial charge in [0.15, 0.2) is 0 Å². The van der Waals surface area contributed by atoms with Crippen molar-refractivity contribution in [3.8, 4) is 0 Å². The molecule has 1 nitrogen and oxygen atoms in total. The van der Waals surface area contributed by atoms with Crippen LogP contribution >= 0.6 is 0 Å². The molecule has 1 heteroatoms. The first-order chi connectivity index (χ1) is 6.49. The lowest BCUT2D eigenvalue weighted by Crippen LogP contribution is -2.33. The van der Waals surface area contributed by atoms with Gasteiger partial charge in [-0.2, -0.15) is 0 Å². The summed E-state index contributed by atoms with van der Waals surface area (Å²) < 4.78 is 0. The standard InChI is InChI=1S/C13H20O/c1-10-9-13(7-5-4-6-8-13)11(14)12(10,2)3/h4-5,10H,6-9H2,1-3H3. The molecule has 1 spiro atoms. The topological polar surface area (TPSA) is 17.1 Å². The van der Waals surface area contributed by atoms with Crippen molar-refractivity contribution in [3.63, 3.8) is 0 Å². The highest BCUT2D eigenvalue weighted by Crippen LogP contribution is 2.54. The fourth-order valence-corrected chi connectivity index (χ4v) is 3.12. The Morgan fingerprint density at radius 1 is 1.36 bits per heavy atom. The van der Waals surface area contributed by atoms with Crippen molar-refractivity contribution in [1.82, 2.24) is 0 Å². The second-order valence-electron chi connectivity index (χ2n) is 5.65. The lowest BCUT2D eigenvalue weighted by molar-refractivity contribution is -0.133. The molecular weight excluding hydrogens is 172 g/mol. The molecule has 2 aliphatic carbocycles. The van der Waals surface area contributed by atoms with Crippen molar-refractivity contribution in [3.05, 3.63) is 12.2 Å². The van der Waals surface area contributed by atoms with Crippen molar-refractivity contribution >= 4 is 5.78 Å². The van der Waals surface area contributed by atoms with Gasteiger partial charge in [-0.25, -0.2) is 0 Å². The zero-order chi connectivity index (χ0) is 10.4. The van der Waals surface area contributed by atoms with E-state index in [1.54, 1.807) is 0 Å². The summed E-state index contributed by atoms with van der Waals surface area (Å²) in [6.45, 7) is 6.46. The van der Waals surface area contributed by atoms with Crippen molar-refractivity contribution in [1.29, 1.82) is 0 Å². The van der Waals surface area contributed by atoms with Gasteiger partial charge < -0.3 is 0 Å².